The second-order valence-electron chi connectivity index (χ2n) is 6.46. The molecule has 2 rings (SSSR count). The number of benzene rings is 1. The average molecular weight is 357 g/mol. The summed E-state index contributed by atoms with van der Waals surface area (Å²) in [4.78, 5) is 37.0. The van der Waals surface area contributed by atoms with Crippen molar-refractivity contribution >= 4 is 11.9 Å². The normalized spacial score (nSPS) is 10.7. The summed E-state index contributed by atoms with van der Waals surface area (Å²) in [6.45, 7) is 4.22. The van der Waals surface area contributed by atoms with E-state index in [9.17, 15) is 14.4 Å². The van der Waals surface area contributed by atoms with Crippen molar-refractivity contribution < 1.29 is 14.7 Å². The zero-order valence-corrected chi connectivity index (χ0v) is 15.0. The molecule has 0 aliphatic rings. The Morgan fingerprint density at radius 2 is 1.85 bits per heavy atom. The van der Waals surface area contributed by atoms with Gasteiger partial charge >= 0.3 is 5.97 Å². The summed E-state index contributed by atoms with van der Waals surface area (Å²) in [5.74, 6) is -1.10. The van der Waals surface area contributed by atoms with Crippen molar-refractivity contribution in [1.29, 1.82) is 0 Å². The molecule has 0 saturated carbocycles. The molecule has 1 aromatic carbocycles. The third kappa shape index (κ3) is 5.54. The van der Waals surface area contributed by atoms with Gasteiger partial charge in [0.2, 0.25) is 5.91 Å². The maximum absolute atomic E-state index is 12.6. The van der Waals surface area contributed by atoms with Gasteiger partial charge in [-0.1, -0.05) is 44.2 Å². The topological polar surface area (TPSA) is 92.5 Å². The molecule has 1 N–H and O–H groups in total. The molecule has 7 nitrogen and oxygen atoms in total. The minimum absolute atomic E-state index is 0.111. The van der Waals surface area contributed by atoms with Crippen LogP contribution in [0.25, 0.3) is 11.3 Å². The number of hydrogen-bond acceptors (Lipinski definition) is 4. The molecule has 0 fully saturated rings. The zero-order chi connectivity index (χ0) is 19.1. The molecule has 7 heteroatoms. The van der Waals surface area contributed by atoms with Crippen LogP contribution in [0.15, 0.2) is 47.3 Å². The van der Waals surface area contributed by atoms with Crippen molar-refractivity contribution in [2.75, 3.05) is 13.1 Å². The first-order valence-electron chi connectivity index (χ1n) is 8.50. The minimum atomic E-state index is -0.965. The van der Waals surface area contributed by atoms with E-state index in [1.165, 1.54) is 11.0 Å². The molecule has 0 radical (unpaired) electrons. The van der Waals surface area contributed by atoms with Gasteiger partial charge in [0.05, 0.1) is 12.1 Å². The van der Waals surface area contributed by atoms with Crippen LogP contribution in [0, 0.1) is 5.92 Å². The molecule has 138 valence electrons. The van der Waals surface area contributed by atoms with Gasteiger partial charge in [-0.05, 0) is 12.0 Å². The monoisotopic (exact) mass is 357 g/mol. The molecule has 1 amide bonds. The summed E-state index contributed by atoms with van der Waals surface area (Å²) in [7, 11) is 0. The molecule has 0 saturated heterocycles. The highest BCUT2D eigenvalue weighted by Crippen LogP contribution is 2.14. The highest BCUT2D eigenvalue weighted by Gasteiger charge is 2.18. The first kappa shape index (κ1) is 19.4. The van der Waals surface area contributed by atoms with E-state index in [0.717, 1.165) is 10.2 Å². The molecule has 1 aromatic heterocycles. The Kier molecular flexibility index (Phi) is 6.66. The molecule has 0 aliphatic heterocycles. The maximum atomic E-state index is 12.6. The molecule has 1 heterocycles. The Labute approximate surface area is 151 Å². The molecular formula is C19H23N3O4. The van der Waals surface area contributed by atoms with Gasteiger partial charge in [0.1, 0.15) is 6.54 Å². The highest BCUT2D eigenvalue weighted by atomic mass is 16.4. The Morgan fingerprint density at radius 1 is 1.15 bits per heavy atom. The standard InChI is InChI=1S/C19H23N3O4/c1-14(2)12-21(11-10-19(25)26)18(24)13-22-17(23)9-8-16(20-22)15-6-4-3-5-7-15/h3-9,14H,10-13H2,1-2H3,(H,25,26). The lowest BCUT2D eigenvalue weighted by Gasteiger charge is -2.24. The fourth-order valence-electron chi connectivity index (χ4n) is 2.54. The lowest BCUT2D eigenvalue weighted by molar-refractivity contribution is -0.139. The Balaban J connectivity index is 2.20. The van der Waals surface area contributed by atoms with Gasteiger partial charge < -0.3 is 10.0 Å². The number of carbonyl (C=O) groups is 2. The van der Waals surface area contributed by atoms with Crippen LogP contribution in [0.5, 0.6) is 0 Å². The Bertz CT molecular complexity index is 815. The number of hydrogen-bond donors (Lipinski definition) is 1. The second kappa shape index (κ2) is 8.94. The number of carboxylic acids is 1. The summed E-state index contributed by atoms with van der Waals surface area (Å²) in [5.41, 5.74) is 1.07. The molecule has 0 unspecified atom stereocenters. The van der Waals surface area contributed by atoms with E-state index >= 15 is 0 Å². The molecule has 0 spiro atoms. The fourth-order valence-corrected chi connectivity index (χ4v) is 2.54. The predicted molar refractivity (Wildman–Crippen MR) is 97.6 cm³/mol. The van der Waals surface area contributed by atoms with Gasteiger partial charge in [0.15, 0.2) is 0 Å². The highest BCUT2D eigenvalue weighted by molar-refractivity contribution is 5.77. The van der Waals surface area contributed by atoms with Crippen LogP contribution in [0.2, 0.25) is 0 Å². The second-order valence-corrected chi connectivity index (χ2v) is 6.46. The molecule has 0 atom stereocenters. The van der Waals surface area contributed by atoms with Crippen molar-refractivity contribution in [3.05, 3.63) is 52.8 Å². The van der Waals surface area contributed by atoms with Crippen molar-refractivity contribution in [1.82, 2.24) is 14.7 Å². The van der Waals surface area contributed by atoms with Gasteiger partial charge in [-0.15, -0.1) is 0 Å². The predicted octanol–water partition coefficient (Wildman–Crippen LogP) is 1.87. The molecule has 2 aromatic rings. The number of aromatic nitrogens is 2. The lowest BCUT2D eigenvalue weighted by Crippen LogP contribution is -2.40. The summed E-state index contributed by atoms with van der Waals surface area (Å²) in [5, 5.41) is 13.1. The van der Waals surface area contributed by atoms with Gasteiger partial charge in [0.25, 0.3) is 5.56 Å². The van der Waals surface area contributed by atoms with Gasteiger partial charge in [0, 0.05) is 24.7 Å². The van der Waals surface area contributed by atoms with E-state index < -0.39 is 5.97 Å². The molecule has 0 bridgehead atoms. The van der Waals surface area contributed by atoms with E-state index in [4.69, 9.17) is 5.11 Å². The molecule has 0 aliphatic carbocycles. The number of amides is 1. The SMILES string of the molecule is CC(C)CN(CCC(=O)O)C(=O)Cn1nc(-c2ccccc2)ccc1=O. The average Bonchev–Trinajstić information content (AvgIpc) is 2.60. The van der Waals surface area contributed by atoms with E-state index in [1.54, 1.807) is 6.07 Å². The van der Waals surface area contributed by atoms with Crippen LogP contribution in [0.1, 0.15) is 20.3 Å². The minimum Gasteiger partial charge on any atom is -0.481 e. The smallest absolute Gasteiger partial charge is 0.305 e. The van der Waals surface area contributed by atoms with Crippen LogP contribution in [-0.4, -0.2) is 44.8 Å². The van der Waals surface area contributed by atoms with Crippen LogP contribution in [0.3, 0.4) is 0 Å². The van der Waals surface area contributed by atoms with Gasteiger partial charge in [-0.2, -0.15) is 5.10 Å². The number of carboxylic acid groups (broad SMARTS) is 1. The molecule has 26 heavy (non-hydrogen) atoms. The van der Waals surface area contributed by atoms with Gasteiger partial charge in [-0.3, -0.25) is 14.4 Å². The van der Waals surface area contributed by atoms with E-state index in [0.29, 0.717) is 12.2 Å². The first-order valence-corrected chi connectivity index (χ1v) is 8.50. The van der Waals surface area contributed by atoms with E-state index in [1.807, 2.05) is 44.2 Å². The van der Waals surface area contributed by atoms with Crippen molar-refractivity contribution in [2.24, 2.45) is 5.92 Å². The van der Waals surface area contributed by atoms with Crippen LogP contribution < -0.4 is 5.56 Å². The quantitative estimate of drug-likeness (QED) is 0.778. The Morgan fingerprint density at radius 3 is 2.46 bits per heavy atom. The molecular weight excluding hydrogens is 334 g/mol. The van der Waals surface area contributed by atoms with E-state index in [-0.39, 0.29) is 36.9 Å². The third-order valence-corrected chi connectivity index (χ3v) is 3.76. The number of nitrogens with zero attached hydrogens (tertiary/aromatic N) is 3. The number of rotatable bonds is 8. The van der Waals surface area contributed by atoms with Crippen molar-refractivity contribution in [3.63, 3.8) is 0 Å². The van der Waals surface area contributed by atoms with Crippen molar-refractivity contribution in [3.8, 4) is 11.3 Å². The third-order valence-electron chi connectivity index (χ3n) is 3.76. The fraction of sp³-hybridized carbons (Fsp3) is 0.368. The summed E-state index contributed by atoms with van der Waals surface area (Å²) < 4.78 is 1.12. The summed E-state index contributed by atoms with van der Waals surface area (Å²) in [6, 6.07) is 12.4. The largest absolute Gasteiger partial charge is 0.481 e. The first-order chi connectivity index (χ1) is 12.4. The van der Waals surface area contributed by atoms with Crippen LogP contribution in [-0.2, 0) is 16.1 Å². The van der Waals surface area contributed by atoms with Crippen molar-refractivity contribution in [2.45, 2.75) is 26.8 Å². The van der Waals surface area contributed by atoms with E-state index in [2.05, 4.69) is 5.10 Å². The number of carbonyl (C=O) groups excluding carboxylic acids is 1. The zero-order valence-electron chi connectivity index (χ0n) is 15.0. The van der Waals surface area contributed by atoms with Crippen LogP contribution in [0.4, 0.5) is 0 Å². The van der Waals surface area contributed by atoms with Crippen LogP contribution >= 0.6 is 0 Å². The maximum Gasteiger partial charge on any atom is 0.305 e. The Hall–Kier alpha value is -2.96. The summed E-state index contributed by atoms with van der Waals surface area (Å²) >= 11 is 0. The van der Waals surface area contributed by atoms with Gasteiger partial charge in [-0.25, -0.2) is 4.68 Å². The lowest BCUT2D eigenvalue weighted by atomic mass is 10.1. The summed E-state index contributed by atoms with van der Waals surface area (Å²) in [6.07, 6.45) is -0.134. The number of aliphatic carboxylic acids is 1.